The molecule has 2 aromatic rings. The van der Waals surface area contributed by atoms with E-state index in [1.54, 1.807) is 19.1 Å². The standard InChI is InChI=1S/C22H19F3N2O4/c1-3-4-15(11-19(28)29)14-6-9-17(10-7-14)26-20(30)21(31)27-18-12-16(22(23,24)25)8-5-13(18)2/h5-10,12,15H,11H2,1-2H3,(H,26,30)(H,27,31)(H,28,29)/t15-/m1/s1. The van der Waals surface area contributed by atoms with Gasteiger partial charge in [0.1, 0.15) is 0 Å². The maximum absolute atomic E-state index is 12.9. The van der Waals surface area contributed by atoms with Crippen molar-refractivity contribution in [3.05, 3.63) is 59.2 Å². The van der Waals surface area contributed by atoms with Gasteiger partial charge in [0, 0.05) is 11.4 Å². The number of amides is 2. The van der Waals surface area contributed by atoms with Gasteiger partial charge in [-0.25, -0.2) is 0 Å². The minimum atomic E-state index is -4.59. The lowest BCUT2D eigenvalue weighted by atomic mass is 9.96. The van der Waals surface area contributed by atoms with Crippen LogP contribution in [0.5, 0.6) is 0 Å². The van der Waals surface area contributed by atoms with Crippen molar-refractivity contribution in [2.45, 2.75) is 32.4 Å². The van der Waals surface area contributed by atoms with E-state index in [9.17, 15) is 27.6 Å². The third kappa shape index (κ3) is 6.60. The van der Waals surface area contributed by atoms with Gasteiger partial charge in [-0.2, -0.15) is 13.2 Å². The molecule has 0 unspecified atom stereocenters. The van der Waals surface area contributed by atoms with E-state index < -0.39 is 35.4 Å². The van der Waals surface area contributed by atoms with Crippen LogP contribution in [0.4, 0.5) is 24.5 Å². The number of halogens is 3. The predicted octanol–water partition coefficient (Wildman–Crippen LogP) is 4.17. The molecule has 0 aliphatic heterocycles. The zero-order chi connectivity index (χ0) is 23.2. The van der Waals surface area contributed by atoms with Crippen LogP contribution in [0, 0.1) is 18.8 Å². The molecular weight excluding hydrogens is 413 g/mol. The Morgan fingerprint density at radius 3 is 2.19 bits per heavy atom. The van der Waals surface area contributed by atoms with E-state index in [1.807, 2.05) is 0 Å². The van der Waals surface area contributed by atoms with Crippen LogP contribution in [0.1, 0.15) is 36.0 Å². The Morgan fingerprint density at radius 2 is 1.65 bits per heavy atom. The van der Waals surface area contributed by atoms with Crippen molar-refractivity contribution in [1.82, 2.24) is 0 Å². The number of nitrogens with one attached hydrogen (secondary N) is 2. The predicted molar refractivity (Wildman–Crippen MR) is 108 cm³/mol. The van der Waals surface area contributed by atoms with Crippen molar-refractivity contribution in [3.63, 3.8) is 0 Å². The van der Waals surface area contributed by atoms with Gasteiger partial charge in [-0.3, -0.25) is 14.4 Å². The van der Waals surface area contributed by atoms with Crippen molar-refractivity contribution in [2.75, 3.05) is 10.6 Å². The van der Waals surface area contributed by atoms with Crippen LogP contribution in [0.25, 0.3) is 0 Å². The van der Waals surface area contributed by atoms with Crippen molar-refractivity contribution in [2.24, 2.45) is 0 Å². The molecular formula is C22H19F3N2O4. The Labute approximate surface area is 176 Å². The summed E-state index contributed by atoms with van der Waals surface area (Å²) in [5, 5.41) is 13.5. The van der Waals surface area contributed by atoms with E-state index in [1.165, 1.54) is 25.1 Å². The first kappa shape index (κ1) is 23.5. The van der Waals surface area contributed by atoms with Gasteiger partial charge in [0.05, 0.1) is 17.9 Å². The second kappa shape index (κ2) is 9.80. The second-order valence-corrected chi connectivity index (χ2v) is 6.60. The molecule has 1 atom stereocenters. The normalized spacial score (nSPS) is 11.6. The third-order valence-corrected chi connectivity index (χ3v) is 4.29. The Kier molecular flexibility index (Phi) is 7.42. The van der Waals surface area contributed by atoms with Gasteiger partial charge in [0.2, 0.25) is 0 Å². The fraction of sp³-hybridized carbons (Fsp3) is 0.227. The van der Waals surface area contributed by atoms with Crippen LogP contribution < -0.4 is 10.6 Å². The van der Waals surface area contributed by atoms with Gasteiger partial charge in [0.15, 0.2) is 0 Å². The number of carbonyl (C=O) groups is 3. The second-order valence-electron chi connectivity index (χ2n) is 6.60. The Bertz CT molecular complexity index is 1050. The SMILES string of the molecule is CC#C[C@H](CC(=O)O)c1ccc(NC(=O)C(=O)Nc2cc(C(F)(F)F)ccc2C)cc1. The fourth-order valence-electron chi connectivity index (χ4n) is 2.70. The van der Waals surface area contributed by atoms with Gasteiger partial charge in [-0.05, 0) is 49.2 Å². The summed E-state index contributed by atoms with van der Waals surface area (Å²) in [5.41, 5.74) is 0.164. The summed E-state index contributed by atoms with van der Waals surface area (Å²) in [4.78, 5) is 35.2. The highest BCUT2D eigenvalue weighted by atomic mass is 19.4. The molecule has 3 N–H and O–H groups in total. The first-order valence-electron chi connectivity index (χ1n) is 9.05. The molecule has 2 amide bonds. The molecule has 0 saturated heterocycles. The molecule has 31 heavy (non-hydrogen) atoms. The molecule has 2 aromatic carbocycles. The lowest BCUT2D eigenvalue weighted by Gasteiger charge is -2.13. The van der Waals surface area contributed by atoms with Crippen LogP contribution in [-0.2, 0) is 20.6 Å². The molecule has 0 fully saturated rings. The zero-order valence-electron chi connectivity index (χ0n) is 16.6. The number of rotatable bonds is 5. The van der Waals surface area contributed by atoms with E-state index in [0.717, 1.165) is 12.1 Å². The van der Waals surface area contributed by atoms with Crippen LogP contribution in [-0.4, -0.2) is 22.9 Å². The Hall–Kier alpha value is -3.80. The van der Waals surface area contributed by atoms with Crippen molar-refractivity contribution in [3.8, 4) is 11.8 Å². The number of benzene rings is 2. The summed E-state index contributed by atoms with van der Waals surface area (Å²) >= 11 is 0. The fourth-order valence-corrected chi connectivity index (χ4v) is 2.70. The van der Waals surface area contributed by atoms with Gasteiger partial charge < -0.3 is 15.7 Å². The molecule has 162 valence electrons. The number of hydrogen-bond acceptors (Lipinski definition) is 3. The number of aliphatic carboxylic acids is 1. The first-order valence-corrected chi connectivity index (χ1v) is 9.05. The van der Waals surface area contributed by atoms with Gasteiger partial charge in [-0.15, -0.1) is 5.92 Å². The summed E-state index contributed by atoms with van der Waals surface area (Å²) < 4.78 is 38.6. The highest BCUT2D eigenvalue weighted by Gasteiger charge is 2.31. The largest absolute Gasteiger partial charge is 0.481 e. The summed E-state index contributed by atoms with van der Waals surface area (Å²) in [5.74, 6) is 1.72. The summed E-state index contributed by atoms with van der Waals surface area (Å²) in [6, 6.07) is 8.93. The van der Waals surface area contributed by atoms with Crippen molar-refractivity contribution in [1.29, 1.82) is 0 Å². The highest BCUT2D eigenvalue weighted by molar-refractivity contribution is 6.43. The van der Waals surface area contributed by atoms with Gasteiger partial charge in [-0.1, -0.05) is 24.1 Å². The van der Waals surface area contributed by atoms with E-state index in [4.69, 9.17) is 5.11 Å². The molecule has 0 aliphatic carbocycles. The molecule has 0 spiro atoms. The monoisotopic (exact) mass is 432 g/mol. The topological polar surface area (TPSA) is 95.5 Å². The Morgan fingerprint density at radius 1 is 1.03 bits per heavy atom. The van der Waals surface area contributed by atoms with Crippen LogP contribution in [0.15, 0.2) is 42.5 Å². The molecule has 0 saturated carbocycles. The minimum absolute atomic E-state index is 0.125. The number of carbonyl (C=O) groups excluding carboxylic acids is 2. The highest BCUT2D eigenvalue weighted by Crippen LogP contribution is 2.32. The average Bonchev–Trinajstić information content (AvgIpc) is 2.68. The lowest BCUT2D eigenvalue weighted by Crippen LogP contribution is -2.29. The van der Waals surface area contributed by atoms with Gasteiger partial charge >= 0.3 is 24.0 Å². The first-order chi connectivity index (χ1) is 14.5. The van der Waals surface area contributed by atoms with Crippen molar-refractivity contribution < 1.29 is 32.7 Å². The number of aryl methyl sites for hydroxylation is 1. The molecule has 0 aromatic heterocycles. The minimum Gasteiger partial charge on any atom is -0.481 e. The van der Waals surface area contributed by atoms with E-state index in [0.29, 0.717) is 11.1 Å². The van der Waals surface area contributed by atoms with E-state index in [-0.39, 0.29) is 17.8 Å². The van der Waals surface area contributed by atoms with Gasteiger partial charge in [0.25, 0.3) is 0 Å². The smallest absolute Gasteiger partial charge is 0.416 e. The van der Waals surface area contributed by atoms with Crippen molar-refractivity contribution >= 4 is 29.2 Å². The Balaban J connectivity index is 2.09. The summed E-state index contributed by atoms with van der Waals surface area (Å²) in [6.07, 6.45) is -4.77. The number of alkyl halides is 3. The summed E-state index contributed by atoms with van der Waals surface area (Å²) in [7, 11) is 0. The molecule has 6 nitrogen and oxygen atoms in total. The summed E-state index contributed by atoms with van der Waals surface area (Å²) in [6.45, 7) is 3.09. The van der Waals surface area contributed by atoms with E-state index >= 15 is 0 Å². The molecule has 2 rings (SSSR count). The maximum Gasteiger partial charge on any atom is 0.416 e. The van der Waals surface area contributed by atoms with Crippen LogP contribution in [0.3, 0.4) is 0 Å². The average molecular weight is 432 g/mol. The van der Waals surface area contributed by atoms with E-state index in [2.05, 4.69) is 22.5 Å². The molecule has 0 aliphatic rings. The number of anilines is 2. The number of carboxylic acid groups (broad SMARTS) is 1. The molecule has 0 radical (unpaired) electrons. The third-order valence-electron chi connectivity index (χ3n) is 4.29. The molecule has 0 heterocycles. The lowest BCUT2D eigenvalue weighted by molar-refractivity contribution is -0.138. The number of hydrogen-bond donors (Lipinski definition) is 3. The number of carboxylic acids is 1. The maximum atomic E-state index is 12.9. The van der Waals surface area contributed by atoms with Crippen LogP contribution in [0.2, 0.25) is 0 Å². The molecule has 9 heteroatoms. The molecule has 0 bridgehead atoms. The zero-order valence-corrected chi connectivity index (χ0v) is 16.6. The van der Waals surface area contributed by atoms with Crippen LogP contribution >= 0.6 is 0 Å². The quantitative estimate of drug-likeness (QED) is 0.488.